The Morgan fingerprint density at radius 3 is 2.32 bits per heavy atom. The number of aliphatic carboxylic acids is 1. The van der Waals surface area contributed by atoms with Crippen molar-refractivity contribution >= 4 is 33.3 Å². The highest BCUT2D eigenvalue weighted by Gasteiger charge is 2.32. The highest BCUT2D eigenvalue weighted by molar-refractivity contribution is 7.91. The Kier molecular flexibility index (Phi) is 5.92. The summed E-state index contributed by atoms with van der Waals surface area (Å²) in [6.45, 7) is 3.15. The monoisotopic (exact) mass is 351 g/mol. The van der Waals surface area contributed by atoms with E-state index in [0.717, 1.165) is 0 Å². The number of ether oxygens (including phenoxy) is 2. The molecule has 124 valence electrons. The van der Waals surface area contributed by atoms with Crippen LogP contribution in [0.4, 0.5) is 0 Å². The Labute approximate surface area is 132 Å². The summed E-state index contributed by atoms with van der Waals surface area (Å²) in [4.78, 5) is 22.7. The lowest BCUT2D eigenvalue weighted by Crippen LogP contribution is -2.44. The summed E-state index contributed by atoms with van der Waals surface area (Å²) >= 11 is 0.646. The van der Waals surface area contributed by atoms with Crippen LogP contribution in [0.2, 0.25) is 0 Å². The molecule has 0 saturated carbocycles. The molecule has 0 bridgehead atoms. The van der Waals surface area contributed by atoms with E-state index in [2.05, 4.69) is 9.46 Å². The Morgan fingerprint density at radius 2 is 1.91 bits per heavy atom. The Balaban J connectivity index is 3.25. The summed E-state index contributed by atoms with van der Waals surface area (Å²) in [5.74, 6) is -2.50. The van der Waals surface area contributed by atoms with Gasteiger partial charge in [-0.15, -0.1) is 11.3 Å². The number of thiophene rings is 1. The van der Waals surface area contributed by atoms with Gasteiger partial charge in [0.05, 0.1) is 14.2 Å². The molecule has 0 aliphatic rings. The lowest BCUT2D eigenvalue weighted by atomic mass is 10.1. The number of methoxy groups -OCH3 is 2. The zero-order valence-corrected chi connectivity index (χ0v) is 14.1. The third-order valence-electron chi connectivity index (χ3n) is 2.73. The van der Waals surface area contributed by atoms with Crippen molar-refractivity contribution in [1.29, 1.82) is 0 Å². The number of carbonyl (C=O) groups excluding carboxylic acids is 1. The lowest BCUT2D eigenvalue weighted by molar-refractivity contribution is -0.140. The SMILES string of the molecule is COC(=O)c1cc(OC)c(S(=O)(=O)NC(C(=O)O)C(C)C)s1. The largest absolute Gasteiger partial charge is 0.494 e. The number of sulfonamides is 1. The van der Waals surface area contributed by atoms with Crippen LogP contribution in [0.5, 0.6) is 5.75 Å². The van der Waals surface area contributed by atoms with Gasteiger partial charge in [0.15, 0.2) is 9.96 Å². The van der Waals surface area contributed by atoms with E-state index in [-0.39, 0.29) is 14.8 Å². The van der Waals surface area contributed by atoms with Crippen LogP contribution in [-0.4, -0.2) is 45.7 Å². The van der Waals surface area contributed by atoms with E-state index < -0.39 is 33.9 Å². The van der Waals surface area contributed by atoms with Crippen molar-refractivity contribution < 1.29 is 32.6 Å². The standard InChI is InChI=1S/C12H17NO7S2/c1-6(2)9(10(14)15)13-22(17,18)12-7(19-3)5-8(21-12)11(16)20-4/h5-6,9,13H,1-4H3,(H,14,15). The minimum absolute atomic E-state index is 0.0381. The van der Waals surface area contributed by atoms with Crippen LogP contribution in [0, 0.1) is 5.92 Å². The van der Waals surface area contributed by atoms with Crippen LogP contribution < -0.4 is 9.46 Å². The van der Waals surface area contributed by atoms with Crippen LogP contribution in [0.15, 0.2) is 10.3 Å². The van der Waals surface area contributed by atoms with E-state index in [1.54, 1.807) is 13.8 Å². The van der Waals surface area contributed by atoms with Crippen molar-refractivity contribution in [1.82, 2.24) is 4.72 Å². The van der Waals surface area contributed by atoms with Crippen molar-refractivity contribution in [3.05, 3.63) is 10.9 Å². The van der Waals surface area contributed by atoms with Crippen LogP contribution in [0.25, 0.3) is 0 Å². The molecule has 8 nitrogen and oxygen atoms in total. The first-order valence-corrected chi connectivity index (χ1v) is 8.45. The molecule has 1 aromatic rings. The molecule has 0 fully saturated rings. The van der Waals surface area contributed by atoms with Crippen LogP contribution in [0.3, 0.4) is 0 Å². The molecular weight excluding hydrogens is 334 g/mol. The van der Waals surface area contributed by atoms with Gasteiger partial charge in [-0.3, -0.25) is 4.79 Å². The van der Waals surface area contributed by atoms with Crippen molar-refractivity contribution in [3.63, 3.8) is 0 Å². The number of rotatable bonds is 7. The molecule has 1 rings (SSSR count). The zero-order chi connectivity index (χ0) is 17.1. The average molecular weight is 351 g/mol. The van der Waals surface area contributed by atoms with E-state index in [4.69, 9.17) is 9.84 Å². The van der Waals surface area contributed by atoms with Gasteiger partial charge in [-0.05, 0) is 5.92 Å². The summed E-state index contributed by atoms with van der Waals surface area (Å²) in [6.07, 6.45) is 0. The first-order chi connectivity index (χ1) is 10.1. The molecule has 10 heteroatoms. The molecule has 2 N–H and O–H groups in total. The van der Waals surface area contributed by atoms with E-state index in [1.165, 1.54) is 20.3 Å². The summed E-state index contributed by atoms with van der Waals surface area (Å²) in [5, 5.41) is 9.08. The topological polar surface area (TPSA) is 119 Å². The molecule has 0 amide bonds. The molecular formula is C12H17NO7S2. The fourth-order valence-electron chi connectivity index (χ4n) is 1.58. The second kappa shape index (κ2) is 7.07. The van der Waals surface area contributed by atoms with Crippen molar-refractivity contribution in [2.24, 2.45) is 5.92 Å². The van der Waals surface area contributed by atoms with Gasteiger partial charge in [-0.1, -0.05) is 13.8 Å². The molecule has 0 spiro atoms. The second-order valence-electron chi connectivity index (χ2n) is 4.64. The zero-order valence-electron chi connectivity index (χ0n) is 12.4. The molecule has 0 aliphatic heterocycles. The first-order valence-electron chi connectivity index (χ1n) is 6.15. The fraction of sp³-hybridized carbons (Fsp3) is 0.500. The predicted octanol–water partition coefficient (Wildman–Crippen LogP) is 0.931. The maximum Gasteiger partial charge on any atom is 0.348 e. The Bertz CT molecular complexity index is 663. The molecule has 1 aromatic heterocycles. The van der Waals surface area contributed by atoms with Crippen molar-refractivity contribution in [3.8, 4) is 5.75 Å². The van der Waals surface area contributed by atoms with Crippen LogP contribution in [-0.2, 0) is 19.6 Å². The van der Waals surface area contributed by atoms with Gasteiger partial charge in [-0.25, -0.2) is 13.2 Å². The van der Waals surface area contributed by atoms with Crippen LogP contribution >= 0.6 is 11.3 Å². The molecule has 0 saturated heterocycles. The van der Waals surface area contributed by atoms with E-state index in [0.29, 0.717) is 11.3 Å². The highest BCUT2D eigenvalue weighted by Crippen LogP contribution is 2.34. The summed E-state index contributed by atoms with van der Waals surface area (Å²) < 4.78 is 36.0. The Hall–Kier alpha value is -1.65. The van der Waals surface area contributed by atoms with Gasteiger partial charge < -0.3 is 14.6 Å². The van der Waals surface area contributed by atoms with Gasteiger partial charge in [0.25, 0.3) is 10.0 Å². The van der Waals surface area contributed by atoms with Gasteiger partial charge >= 0.3 is 11.9 Å². The normalized spacial score (nSPS) is 13.0. The van der Waals surface area contributed by atoms with Crippen molar-refractivity contribution in [2.45, 2.75) is 24.1 Å². The van der Waals surface area contributed by atoms with E-state index in [1.807, 2.05) is 0 Å². The summed E-state index contributed by atoms with van der Waals surface area (Å²) in [7, 11) is -1.74. The molecule has 0 aliphatic carbocycles. The number of hydrogen-bond donors (Lipinski definition) is 2. The predicted molar refractivity (Wildman–Crippen MR) is 78.8 cm³/mol. The quantitative estimate of drug-likeness (QED) is 0.701. The van der Waals surface area contributed by atoms with Gasteiger partial charge in [0.1, 0.15) is 10.9 Å². The minimum Gasteiger partial charge on any atom is -0.494 e. The minimum atomic E-state index is -4.16. The number of carboxylic acid groups (broad SMARTS) is 1. The van der Waals surface area contributed by atoms with E-state index in [9.17, 15) is 18.0 Å². The number of carbonyl (C=O) groups is 2. The maximum atomic E-state index is 12.4. The molecule has 0 radical (unpaired) electrons. The first kappa shape index (κ1) is 18.4. The van der Waals surface area contributed by atoms with Crippen molar-refractivity contribution in [2.75, 3.05) is 14.2 Å². The highest BCUT2D eigenvalue weighted by atomic mass is 32.2. The smallest absolute Gasteiger partial charge is 0.348 e. The Morgan fingerprint density at radius 1 is 1.32 bits per heavy atom. The average Bonchev–Trinajstić information content (AvgIpc) is 2.88. The van der Waals surface area contributed by atoms with Gasteiger partial charge in [0.2, 0.25) is 0 Å². The molecule has 1 heterocycles. The fourth-order valence-corrected chi connectivity index (χ4v) is 4.43. The molecule has 1 unspecified atom stereocenters. The molecule has 1 atom stereocenters. The summed E-state index contributed by atoms with van der Waals surface area (Å²) in [5.41, 5.74) is 0. The number of esters is 1. The third-order valence-corrected chi connectivity index (χ3v) is 5.78. The second-order valence-corrected chi connectivity index (χ2v) is 7.60. The van der Waals surface area contributed by atoms with E-state index >= 15 is 0 Å². The summed E-state index contributed by atoms with van der Waals surface area (Å²) in [6, 6.07) is -0.0608. The van der Waals surface area contributed by atoms with Gasteiger partial charge in [-0.2, -0.15) is 4.72 Å². The molecule has 0 aromatic carbocycles. The number of nitrogens with one attached hydrogen (secondary N) is 1. The lowest BCUT2D eigenvalue weighted by Gasteiger charge is -2.17. The van der Waals surface area contributed by atoms with Crippen LogP contribution in [0.1, 0.15) is 23.5 Å². The number of hydrogen-bond acceptors (Lipinski definition) is 7. The maximum absolute atomic E-state index is 12.4. The third kappa shape index (κ3) is 3.96. The number of carboxylic acids is 1. The van der Waals surface area contributed by atoms with Gasteiger partial charge in [0, 0.05) is 6.07 Å². The molecule has 22 heavy (non-hydrogen) atoms.